The van der Waals surface area contributed by atoms with Crippen molar-refractivity contribution in [1.82, 2.24) is 20.0 Å². The van der Waals surface area contributed by atoms with Gasteiger partial charge in [0.15, 0.2) is 0 Å². The minimum absolute atomic E-state index is 0.0154. The topological polar surface area (TPSA) is 123 Å². The molecule has 3 heterocycles. The van der Waals surface area contributed by atoms with Gasteiger partial charge in [-0.15, -0.1) is 0 Å². The molecule has 0 spiro atoms. The van der Waals surface area contributed by atoms with Crippen LogP contribution in [0.1, 0.15) is 61.4 Å². The first-order valence-corrected chi connectivity index (χ1v) is 16.6. The second-order valence-corrected chi connectivity index (χ2v) is 13.8. The number of hydrogen-bond donors (Lipinski definition) is 3. The zero-order chi connectivity index (χ0) is 34.0. The third-order valence-electron chi connectivity index (χ3n) is 9.28. The maximum Gasteiger partial charge on any atom is 0.412 e. The van der Waals surface area contributed by atoms with Gasteiger partial charge in [-0.05, 0) is 80.5 Å². The average molecular weight is 653 g/mol. The fourth-order valence-corrected chi connectivity index (χ4v) is 6.76. The smallest absolute Gasteiger partial charge is 0.412 e. The Morgan fingerprint density at radius 2 is 1.62 bits per heavy atom. The molecule has 3 N–H and O–H groups in total. The standard InChI is InChI=1S/C37H44N6O5/c1-24-29-23-42(21-25-10-6-5-7-11-25)33(44)32(20-26(29)14-15-30(24)40-36(47)48-37(2,3)4)39-34(45)41-18-16-28(17-19-41)43-22-27-12-8-9-13-31(27)38-35(43)46/h5-15,28,32H,16-23H2,1-4H3,(H,38,46)(H,39,45)(H,40,47). The van der Waals surface area contributed by atoms with Crippen LogP contribution in [0.3, 0.4) is 0 Å². The number of para-hydroxylation sites is 1. The van der Waals surface area contributed by atoms with Crippen molar-refractivity contribution in [3.05, 3.63) is 94.5 Å². The number of rotatable bonds is 5. The number of nitrogens with zero attached hydrogens (tertiary/aromatic N) is 3. The van der Waals surface area contributed by atoms with Gasteiger partial charge in [0.25, 0.3) is 0 Å². The molecule has 0 radical (unpaired) electrons. The maximum absolute atomic E-state index is 14.1. The molecule has 0 aliphatic carbocycles. The number of carbonyl (C=O) groups is 4. The Balaban J connectivity index is 1.16. The quantitative estimate of drug-likeness (QED) is 0.311. The van der Waals surface area contributed by atoms with Crippen molar-refractivity contribution in [2.75, 3.05) is 23.7 Å². The number of piperidine rings is 1. The van der Waals surface area contributed by atoms with Crippen LogP contribution in [0, 0.1) is 6.92 Å². The maximum atomic E-state index is 14.1. The van der Waals surface area contributed by atoms with Crippen molar-refractivity contribution in [3.8, 4) is 0 Å². The van der Waals surface area contributed by atoms with Gasteiger partial charge in [0, 0.05) is 56.6 Å². The molecular formula is C37H44N6O5. The fourth-order valence-electron chi connectivity index (χ4n) is 6.76. The van der Waals surface area contributed by atoms with E-state index in [1.807, 2.05) is 99.3 Å². The number of nitrogens with one attached hydrogen (secondary N) is 3. The molecule has 0 saturated carbocycles. The number of hydrogen-bond acceptors (Lipinski definition) is 5. The van der Waals surface area contributed by atoms with Crippen molar-refractivity contribution in [1.29, 1.82) is 0 Å². The van der Waals surface area contributed by atoms with Crippen molar-refractivity contribution in [3.63, 3.8) is 0 Å². The Labute approximate surface area is 281 Å². The summed E-state index contributed by atoms with van der Waals surface area (Å²) in [4.78, 5) is 58.6. The molecular weight excluding hydrogens is 608 g/mol. The Kier molecular flexibility index (Phi) is 9.30. The Morgan fingerprint density at radius 3 is 2.35 bits per heavy atom. The number of anilines is 2. The summed E-state index contributed by atoms with van der Waals surface area (Å²) >= 11 is 0. The summed E-state index contributed by atoms with van der Waals surface area (Å²) < 4.78 is 5.47. The molecule has 0 aromatic heterocycles. The van der Waals surface area contributed by atoms with Gasteiger partial charge in [0.1, 0.15) is 11.6 Å². The zero-order valence-corrected chi connectivity index (χ0v) is 28.0. The molecule has 3 aromatic rings. The van der Waals surface area contributed by atoms with Gasteiger partial charge in [0.2, 0.25) is 5.91 Å². The molecule has 1 fully saturated rings. The van der Waals surface area contributed by atoms with Gasteiger partial charge in [0.05, 0.1) is 0 Å². The van der Waals surface area contributed by atoms with Crippen molar-refractivity contribution < 1.29 is 23.9 Å². The highest BCUT2D eigenvalue weighted by molar-refractivity contribution is 5.92. The van der Waals surface area contributed by atoms with Crippen LogP contribution >= 0.6 is 0 Å². The number of fused-ring (bicyclic) bond motifs is 2. The molecule has 252 valence electrons. The first-order chi connectivity index (χ1) is 22.9. The van der Waals surface area contributed by atoms with Crippen LogP contribution < -0.4 is 16.0 Å². The third-order valence-corrected chi connectivity index (χ3v) is 9.28. The molecule has 1 saturated heterocycles. The van der Waals surface area contributed by atoms with Gasteiger partial charge in [-0.25, -0.2) is 14.4 Å². The Morgan fingerprint density at radius 1 is 0.917 bits per heavy atom. The van der Waals surface area contributed by atoms with Crippen LogP contribution in [-0.4, -0.2) is 69.5 Å². The second kappa shape index (κ2) is 13.6. The van der Waals surface area contributed by atoms with Crippen LogP contribution in [0.5, 0.6) is 0 Å². The SMILES string of the molecule is Cc1c(NC(=O)OC(C)(C)C)ccc2c1CN(Cc1ccccc1)C(=O)C(NC(=O)N1CCC(N3Cc4ccccc4NC3=O)CC1)C2. The minimum Gasteiger partial charge on any atom is -0.444 e. The third kappa shape index (κ3) is 7.40. The normalized spacial score (nSPS) is 18.3. The van der Waals surface area contributed by atoms with E-state index in [9.17, 15) is 19.2 Å². The molecule has 1 unspecified atom stereocenters. The summed E-state index contributed by atoms with van der Waals surface area (Å²) in [5.41, 5.74) is 5.60. The van der Waals surface area contributed by atoms with E-state index in [0.29, 0.717) is 57.7 Å². The van der Waals surface area contributed by atoms with Crippen LogP contribution in [0.25, 0.3) is 0 Å². The van der Waals surface area contributed by atoms with Gasteiger partial charge < -0.3 is 30.1 Å². The number of likely N-dealkylation sites (tertiary alicyclic amines) is 1. The molecule has 0 bridgehead atoms. The molecule has 3 aliphatic heterocycles. The first-order valence-electron chi connectivity index (χ1n) is 16.6. The lowest BCUT2D eigenvalue weighted by molar-refractivity contribution is -0.134. The number of benzene rings is 3. The van der Waals surface area contributed by atoms with Gasteiger partial charge in [-0.3, -0.25) is 10.1 Å². The highest BCUT2D eigenvalue weighted by atomic mass is 16.6. The molecule has 48 heavy (non-hydrogen) atoms. The number of carbonyl (C=O) groups excluding carboxylic acids is 4. The predicted molar refractivity (Wildman–Crippen MR) is 183 cm³/mol. The lowest BCUT2D eigenvalue weighted by Gasteiger charge is -2.40. The number of urea groups is 2. The van der Waals surface area contributed by atoms with E-state index in [1.165, 1.54) is 0 Å². The van der Waals surface area contributed by atoms with E-state index in [0.717, 1.165) is 33.5 Å². The predicted octanol–water partition coefficient (Wildman–Crippen LogP) is 6.02. The molecule has 6 amide bonds. The lowest BCUT2D eigenvalue weighted by atomic mass is 9.96. The summed E-state index contributed by atoms with van der Waals surface area (Å²) in [5.74, 6) is -0.164. The van der Waals surface area contributed by atoms with E-state index in [2.05, 4.69) is 16.0 Å². The molecule has 3 aromatic carbocycles. The highest BCUT2D eigenvalue weighted by Crippen LogP contribution is 2.31. The summed E-state index contributed by atoms with van der Waals surface area (Å²) in [5, 5.41) is 8.91. The summed E-state index contributed by atoms with van der Waals surface area (Å²) in [6.07, 6.45) is 1.08. The van der Waals surface area contributed by atoms with E-state index in [4.69, 9.17) is 4.74 Å². The molecule has 11 nitrogen and oxygen atoms in total. The highest BCUT2D eigenvalue weighted by Gasteiger charge is 2.36. The van der Waals surface area contributed by atoms with Crippen LogP contribution in [0.4, 0.5) is 25.8 Å². The fraction of sp³-hybridized carbons (Fsp3) is 0.405. The van der Waals surface area contributed by atoms with Gasteiger partial charge >= 0.3 is 18.2 Å². The molecule has 3 aliphatic rings. The monoisotopic (exact) mass is 652 g/mol. The van der Waals surface area contributed by atoms with Crippen molar-refractivity contribution in [2.45, 2.75) is 84.3 Å². The van der Waals surface area contributed by atoms with Gasteiger partial charge in [-0.2, -0.15) is 0 Å². The van der Waals surface area contributed by atoms with Crippen molar-refractivity contribution >= 4 is 35.4 Å². The first kappa shape index (κ1) is 32.9. The van der Waals surface area contributed by atoms with Crippen LogP contribution in [-0.2, 0) is 35.6 Å². The largest absolute Gasteiger partial charge is 0.444 e. The van der Waals surface area contributed by atoms with Crippen LogP contribution in [0.2, 0.25) is 0 Å². The van der Waals surface area contributed by atoms with E-state index in [-0.39, 0.29) is 24.0 Å². The second-order valence-electron chi connectivity index (χ2n) is 13.8. The molecule has 6 rings (SSSR count). The molecule has 1 atom stereocenters. The molecule has 11 heteroatoms. The van der Waals surface area contributed by atoms with Crippen molar-refractivity contribution in [2.24, 2.45) is 0 Å². The zero-order valence-electron chi connectivity index (χ0n) is 28.0. The van der Waals surface area contributed by atoms with E-state index < -0.39 is 17.7 Å². The van der Waals surface area contributed by atoms with E-state index >= 15 is 0 Å². The van der Waals surface area contributed by atoms with E-state index in [1.54, 1.807) is 9.80 Å². The Hall–Kier alpha value is -5.06. The minimum atomic E-state index is -0.770. The van der Waals surface area contributed by atoms with Crippen LogP contribution in [0.15, 0.2) is 66.7 Å². The summed E-state index contributed by atoms with van der Waals surface area (Å²) in [7, 11) is 0. The Bertz CT molecular complexity index is 1700. The summed E-state index contributed by atoms with van der Waals surface area (Å²) in [6.45, 7) is 9.57. The summed E-state index contributed by atoms with van der Waals surface area (Å²) in [6, 6.07) is 20.2. The van der Waals surface area contributed by atoms with Gasteiger partial charge in [-0.1, -0.05) is 54.6 Å². The number of amides is 6. The lowest BCUT2D eigenvalue weighted by Crippen LogP contribution is -2.55. The average Bonchev–Trinajstić information content (AvgIpc) is 3.18. The number of ether oxygens (including phenoxy) is 1.